The Hall–Kier alpha value is -2.12. The average molecular weight is 371 g/mol. The Bertz CT molecular complexity index is 843. The molecule has 0 aliphatic heterocycles. The monoisotopic (exact) mass is 370 g/mol. The summed E-state index contributed by atoms with van der Waals surface area (Å²) in [6.07, 6.45) is 0.917. The van der Waals surface area contributed by atoms with Gasteiger partial charge in [-0.3, -0.25) is 9.10 Å². The van der Waals surface area contributed by atoms with Gasteiger partial charge in [0.1, 0.15) is 12.4 Å². The summed E-state index contributed by atoms with van der Waals surface area (Å²) in [5, 5.41) is 3.07. The highest BCUT2D eigenvalue weighted by molar-refractivity contribution is 7.92. The van der Waals surface area contributed by atoms with Crippen LogP contribution in [0.15, 0.2) is 48.5 Å². The Labute approximate surface area is 145 Å². The maximum Gasteiger partial charge on any atom is 0.241 e. The molecule has 0 aliphatic rings. The van der Waals surface area contributed by atoms with Gasteiger partial charge in [0, 0.05) is 11.6 Å². The van der Waals surface area contributed by atoms with Crippen LogP contribution in [0.3, 0.4) is 0 Å². The Balaban J connectivity index is 2.12. The number of nitrogens with one attached hydrogen (secondary N) is 1. The highest BCUT2D eigenvalue weighted by Gasteiger charge is 2.23. The molecule has 5 nitrogen and oxygen atoms in total. The summed E-state index contributed by atoms with van der Waals surface area (Å²) in [6.45, 7) is -0.377. The number of halogens is 2. The predicted octanol–water partition coefficient (Wildman–Crippen LogP) is 2.56. The number of carbonyl (C=O) groups is 1. The summed E-state index contributed by atoms with van der Waals surface area (Å²) in [5.41, 5.74) is 0.525. The third-order valence-corrected chi connectivity index (χ3v) is 4.74. The number of sulfonamides is 1. The van der Waals surface area contributed by atoms with Gasteiger partial charge in [-0.25, -0.2) is 12.8 Å². The number of hydrogen-bond acceptors (Lipinski definition) is 3. The molecule has 24 heavy (non-hydrogen) atoms. The summed E-state index contributed by atoms with van der Waals surface area (Å²) in [6, 6.07) is 12.3. The van der Waals surface area contributed by atoms with Gasteiger partial charge in [0.25, 0.3) is 0 Å². The number of rotatable bonds is 6. The van der Waals surface area contributed by atoms with Crippen LogP contribution in [0, 0.1) is 5.82 Å². The number of benzene rings is 2. The minimum absolute atomic E-state index is 0.146. The predicted molar refractivity (Wildman–Crippen MR) is 91.9 cm³/mol. The van der Waals surface area contributed by atoms with Crippen molar-refractivity contribution in [1.82, 2.24) is 5.32 Å². The van der Waals surface area contributed by atoms with Crippen LogP contribution in [-0.4, -0.2) is 27.1 Å². The van der Waals surface area contributed by atoms with Gasteiger partial charge in [0.05, 0.1) is 11.9 Å². The van der Waals surface area contributed by atoms with E-state index in [4.69, 9.17) is 11.6 Å². The SMILES string of the molecule is CS(=O)(=O)N(CC(=O)NCc1ccccc1Cl)c1ccccc1F. The standard InChI is InChI=1S/C16H16ClFN2O3S/c1-24(22,23)20(15-9-5-4-8-14(15)18)11-16(21)19-10-12-6-2-3-7-13(12)17/h2-9H,10-11H2,1H3,(H,19,21). The van der Waals surface area contributed by atoms with Gasteiger partial charge in [-0.05, 0) is 23.8 Å². The second-order valence-corrected chi connectivity index (χ2v) is 7.40. The van der Waals surface area contributed by atoms with Gasteiger partial charge >= 0.3 is 0 Å². The van der Waals surface area contributed by atoms with Crippen LogP contribution in [0.2, 0.25) is 5.02 Å². The summed E-state index contributed by atoms with van der Waals surface area (Å²) < 4.78 is 38.4. The molecule has 0 aliphatic carbocycles. The Morgan fingerprint density at radius 1 is 1.17 bits per heavy atom. The molecule has 128 valence electrons. The topological polar surface area (TPSA) is 66.5 Å². The Morgan fingerprint density at radius 2 is 1.79 bits per heavy atom. The molecule has 1 amide bonds. The highest BCUT2D eigenvalue weighted by atomic mass is 35.5. The van der Waals surface area contributed by atoms with E-state index >= 15 is 0 Å². The number of anilines is 1. The molecule has 0 aromatic heterocycles. The van der Waals surface area contributed by atoms with Crippen LogP contribution in [0.1, 0.15) is 5.56 Å². The molecular weight excluding hydrogens is 355 g/mol. The molecule has 0 radical (unpaired) electrons. The van der Waals surface area contributed by atoms with Crippen molar-refractivity contribution in [2.45, 2.75) is 6.54 Å². The number of para-hydroxylation sites is 1. The van der Waals surface area contributed by atoms with Gasteiger partial charge in [-0.15, -0.1) is 0 Å². The molecule has 8 heteroatoms. The summed E-state index contributed by atoms with van der Waals surface area (Å²) in [4.78, 5) is 12.1. The number of carbonyl (C=O) groups excluding carboxylic acids is 1. The van der Waals surface area contributed by atoms with Crippen molar-refractivity contribution in [3.63, 3.8) is 0 Å². The van der Waals surface area contributed by atoms with E-state index in [9.17, 15) is 17.6 Å². The van der Waals surface area contributed by atoms with Crippen LogP contribution in [0.5, 0.6) is 0 Å². The summed E-state index contributed by atoms with van der Waals surface area (Å²) >= 11 is 6.00. The van der Waals surface area contributed by atoms with Gasteiger partial charge in [-0.2, -0.15) is 0 Å². The minimum atomic E-state index is -3.82. The Kier molecular flexibility index (Phi) is 5.80. The molecule has 0 spiro atoms. The first-order valence-corrected chi connectivity index (χ1v) is 9.24. The molecule has 0 atom stereocenters. The van der Waals surface area contributed by atoms with Crippen molar-refractivity contribution in [1.29, 1.82) is 0 Å². The van der Waals surface area contributed by atoms with Crippen molar-refractivity contribution in [2.75, 3.05) is 17.1 Å². The molecule has 1 N–H and O–H groups in total. The number of amides is 1. The fourth-order valence-corrected chi connectivity index (χ4v) is 3.12. The van der Waals surface area contributed by atoms with E-state index in [0.717, 1.165) is 16.6 Å². The second-order valence-electron chi connectivity index (χ2n) is 5.09. The van der Waals surface area contributed by atoms with E-state index in [2.05, 4.69) is 5.32 Å². The van der Waals surface area contributed by atoms with Crippen LogP contribution in [0.4, 0.5) is 10.1 Å². The van der Waals surface area contributed by atoms with E-state index in [0.29, 0.717) is 10.6 Å². The molecule has 0 saturated heterocycles. The van der Waals surface area contributed by atoms with Crippen LogP contribution < -0.4 is 9.62 Å². The fraction of sp³-hybridized carbons (Fsp3) is 0.188. The van der Waals surface area contributed by atoms with Crippen LogP contribution in [-0.2, 0) is 21.4 Å². The van der Waals surface area contributed by atoms with E-state index in [1.165, 1.54) is 18.2 Å². The van der Waals surface area contributed by atoms with Crippen molar-refractivity contribution >= 4 is 33.2 Å². The van der Waals surface area contributed by atoms with Crippen molar-refractivity contribution in [2.24, 2.45) is 0 Å². The molecule has 0 fully saturated rings. The third kappa shape index (κ3) is 4.69. The summed E-state index contributed by atoms with van der Waals surface area (Å²) in [7, 11) is -3.82. The van der Waals surface area contributed by atoms with Gasteiger partial charge < -0.3 is 5.32 Å². The molecule has 0 bridgehead atoms. The largest absolute Gasteiger partial charge is 0.350 e. The molecule has 0 heterocycles. The highest BCUT2D eigenvalue weighted by Crippen LogP contribution is 2.21. The first kappa shape index (κ1) is 18.2. The van der Waals surface area contributed by atoms with E-state index in [1.807, 2.05) is 0 Å². The first-order valence-electron chi connectivity index (χ1n) is 7.01. The maximum absolute atomic E-state index is 13.9. The lowest BCUT2D eigenvalue weighted by Gasteiger charge is -2.22. The van der Waals surface area contributed by atoms with E-state index < -0.39 is 28.3 Å². The van der Waals surface area contributed by atoms with Crippen molar-refractivity contribution < 1.29 is 17.6 Å². The third-order valence-electron chi connectivity index (χ3n) is 3.24. The lowest BCUT2D eigenvalue weighted by atomic mass is 10.2. The molecule has 0 unspecified atom stereocenters. The number of nitrogens with zero attached hydrogens (tertiary/aromatic N) is 1. The minimum Gasteiger partial charge on any atom is -0.350 e. The zero-order chi connectivity index (χ0) is 17.7. The molecule has 2 aromatic rings. The van der Waals surface area contributed by atoms with Crippen LogP contribution in [0.25, 0.3) is 0 Å². The van der Waals surface area contributed by atoms with Gasteiger partial charge in [0.15, 0.2) is 0 Å². The Morgan fingerprint density at radius 3 is 2.42 bits per heavy atom. The van der Waals surface area contributed by atoms with Crippen molar-refractivity contribution in [3.8, 4) is 0 Å². The second kappa shape index (κ2) is 7.63. The molecule has 0 saturated carbocycles. The lowest BCUT2D eigenvalue weighted by Crippen LogP contribution is -2.40. The molecule has 2 aromatic carbocycles. The zero-order valence-corrected chi connectivity index (χ0v) is 14.4. The summed E-state index contributed by atoms with van der Waals surface area (Å²) in [5.74, 6) is -1.29. The zero-order valence-electron chi connectivity index (χ0n) is 12.9. The maximum atomic E-state index is 13.9. The first-order chi connectivity index (χ1) is 11.3. The number of hydrogen-bond donors (Lipinski definition) is 1. The lowest BCUT2D eigenvalue weighted by molar-refractivity contribution is -0.119. The average Bonchev–Trinajstić information content (AvgIpc) is 2.52. The quantitative estimate of drug-likeness (QED) is 0.849. The normalized spacial score (nSPS) is 11.1. The van der Waals surface area contributed by atoms with E-state index in [1.54, 1.807) is 24.3 Å². The fourth-order valence-electron chi connectivity index (χ4n) is 2.06. The van der Waals surface area contributed by atoms with Crippen molar-refractivity contribution in [3.05, 3.63) is 64.9 Å². The molecular formula is C16H16ClFN2O3S. The van der Waals surface area contributed by atoms with Crippen LogP contribution >= 0.6 is 11.6 Å². The van der Waals surface area contributed by atoms with E-state index in [-0.39, 0.29) is 12.2 Å². The van der Waals surface area contributed by atoms with Gasteiger partial charge in [-0.1, -0.05) is 41.9 Å². The smallest absolute Gasteiger partial charge is 0.241 e. The van der Waals surface area contributed by atoms with Gasteiger partial charge in [0.2, 0.25) is 15.9 Å². The molecule has 2 rings (SSSR count).